The molecule has 224 valence electrons. The van der Waals surface area contributed by atoms with Crippen LogP contribution in [-0.2, 0) is 6.54 Å². The van der Waals surface area contributed by atoms with E-state index in [1.54, 1.807) is 29.2 Å². The van der Waals surface area contributed by atoms with Gasteiger partial charge in [0.25, 0.3) is 5.91 Å². The van der Waals surface area contributed by atoms with Gasteiger partial charge in [-0.05, 0) is 59.7 Å². The summed E-state index contributed by atoms with van der Waals surface area (Å²) in [5.41, 5.74) is 7.90. The molecule has 2 fully saturated rings. The molecule has 10 nitrogen and oxygen atoms in total. The van der Waals surface area contributed by atoms with Crippen molar-refractivity contribution in [2.24, 2.45) is 23.5 Å². The highest BCUT2D eigenvalue weighted by molar-refractivity contribution is 9.09. The molecule has 0 radical (unpaired) electrons. The van der Waals surface area contributed by atoms with Crippen LogP contribution >= 0.6 is 15.9 Å². The number of piperidine rings is 1. The Morgan fingerprint density at radius 3 is 2.36 bits per heavy atom. The predicted molar refractivity (Wildman–Crippen MR) is 154 cm³/mol. The first-order valence-electron chi connectivity index (χ1n) is 13.5. The molecular formula is C28H31BrF3N7O3. The second-order valence-corrected chi connectivity index (χ2v) is 11.2. The van der Waals surface area contributed by atoms with Gasteiger partial charge in [-0.1, -0.05) is 35.0 Å². The van der Waals surface area contributed by atoms with E-state index in [9.17, 15) is 18.0 Å². The van der Waals surface area contributed by atoms with Crippen molar-refractivity contribution >= 4 is 39.4 Å². The van der Waals surface area contributed by atoms with Gasteiger partial charge in [0, 0.05) is 42.3 Å². The number of nitrogens with one attached hydrogen (secondary N) is 2. The molecule has 0 spiro atoms. The molecule has 14 heteroatoms. The monoisotopic (exact) mass is 649 g/mol. The molecule has 1 saturated carbocycles. The van der Waals surface area contributed by atoms with Gasteiger partial charge in [0.05, 0.1) is 6.61 Å². The Bertz CT molecular complexity index is 1370. The van der Waals surface area contributed by atoms with Gasteiger partial charge in [-0.25, -0.2) is 0 Å². The van der Waals surface area contributed by atoms with Gasteiger partial charge in [-0.15, -0.1) is 0 Å². The summed E-state index contributed by atoms with van der Waals surface area (Å²) in [6, 6.07) is 13.8. The molecule has 1 aromatic heterocycles. The maximum atomic E-state index is 12.8. The number of amides is 1. The highest BCUT2D eigenvalue weighted by Gasteiger charge is 2.54. The minimum absolute atomic E-state index is 0.0220. The van der Waals surface area contributed by atoms with E-state index in [2.05, 4.69) is 48.4 Å². The highest BCUT2D eigenvalue weighted by Crippen LogP contribution is 2.44. The second kappa shape index (κ2) is 12.7. The Kier molecular flexibility index (Phi) is 9.02. The van der Waals surface area contributed by atoms with Gasteiger partial charge in [0.2, 0.25) is 11.9 Å². The van der Waals surface area contributed by atoms with Crippen LogP contribution in [0.15, 0.2) is 48.5 Å². The third-order valence-electron chi connectivity index (χ3n) is 7.09. The topological polar surface area (TPSA) is 128 Å². The van der Waals surface area contributed by atoms with Crippen LogP contribution in [0.25, 0.3) is 0 Å². The Labute approximate surface area is 249 Å². The number of anilines is 3. The van der Waals surface area contributed by atoms with Crippen molar-refractivity contribution in [1.29, 1.82) is 0 Å². The van der Waals surface area contributed by atoms with Gasteiger partial charge < -0.3 is 30.7 Å². The molecule has 2 unspecified atom stereocenters. The summed E-state index contributed by atoms with van der Waals surface area (Å²) >= 11 is 3.42. The zero-order valence-corrected chi connectivity index (χ0v) is 24.4. The van der Waals surface area contributed by atoms with E-state index < -0.39 is 18.8 Å². The summed E-state index contributed by atoms with van der Waals surface area (Å²) in [5, 5.41) is 6.79. The summed E-state index contributed by atoms with van der Waals surface area (Å²) < 4.78 is 48.9. The molecular weight excluding hydrogens is 619 g/mol. The fourth-order valence-corrected chi connectivity index (χ4v) is 4.80. The molecule has 42 heavy (non-hydrogen) atoms. The Hall–Kier alpha value is -3.65. The number of hydrogen-bond acceptors (Lipinski definition) is 9. The summed E-state index contributed by atoms with van der Waals surface area (Å²) in [7, 11) is 0. The van der Waals surface area contributed by atoms with E-state index in [4.69, 9.17) is 15.2 Å². The Morgan fingerprint density at radius 2 is 1.71 bits per heavy atom. The lowest BCUT2D eigenvalue weighted by Crippen LogP contribution is -2.33. The van der Waals surface area contributed by atoms with Crippen molar-refractivity contribution in [3.63, 3.8) is 0 Å². The fourth-order valence-electron chi connectivity index (χ4n) is 4.62. The van der Waals surface area contributed by atoms with E-state index in [0.717, 1.165) is 16.6 Å². The van der Waals surface area contributed by atoms with Crippen LogP contribution in [0.3, 0.4) is 0 Å². The number of rotatable bonds is 12. The van der Waals surface area contributed by atoms with Gasteiger partial charge in [-0.3, -0.25) is 4.79 Å². The summed E-state index contributed by atoms with van der Waals surface area (Å²) in [4.78, 5) is 26.9. The molecule has 1 amide bonds. The number of hydrogen-bond donors (Lipinski definition) is 3. The average Bonchev–Trinajstić information content (AvgIpc) is 3.35. The largest absolute Gasteiger partial charge is 0.493 e. The van der Waals surface area contributed by atoms with Crippen LogP contribution in [0, 0.1) is 17.8 Å². The molecule has 1 aliphatic heterocycles. The smallest absolute Gasteiger partial charge is 0.422 e. The average molecular weight is 651 g/mol. The molecule has 1 saturated heterocycles. The van der Waals surface area contributed by atoms with Gasteiger partial charge in [-0.2, -0.15) is 28.1 Å². The second-order valence-electron chi connectivity index (χ2n) is 10.6. The van der Waals surface area contributed by atoms with Crippen LogP contribution in [0.1, 0.15) is 22.8 Å². The molecule has 4 N–H and O–H groups in total. The van der Waals surface area contributed by atoms with Crippen molar-refractivity contribution in [3.05, 3.63) is 59.7 Å². The first-order valence-corrected chi connectivity index (χ1v) is 14.6. The number of ether oxygens (including phenoxy) is 2. The number of alkyl halides is 4. The molecule has 2 aromatic carbocycles. The first-order chi connectivity index (χ1) is 20.1. The summed E-state index contributed by atoms with van der Waals surface area (Å²) in [6.45, 7) is 2.73. The van der Waals surface area contributed by atoms with Crippen molar-refractivity contribution in [2.45, 2.75) is 25.7 Å². The first kappa shape index (κ1) is 29.8. The fraction of sp³-hybridized carbons (Fsp3) is 0.429. The lowest BCUT2D eigenvalue weighted by Gasteiger charge is -2.19. The maximum Gasteiger partial charge on any atom is 0.422 e. The quantitative estimate of drug-likeness (QED) is 0.241. The van der Waals surface area contributed by atoms with Crippen LogP contribution < -0.4 is 25.8 Å². The van der Waals surface area contributed by atoms with Gasteiger partial charge in [0.15, 0.2) is 6.61 Å². The van der Waals surface area contributed by atoms with Crippen LogP contribution in [-0.4, -0.2) is 69.6 Å². The number of nitrogens with zero attached hydrogens (tertiary/aromatic N) is 4. The third-order valence-corrected chi connectivity index (χ3v) is 8.19. The third kappa shape index (κ3) is 7.79. The van der Waals surface area contributed by atoms with Crippen LogP contribution in [0.5, 0.6) is 11.8 Å². The number of nitrogens with two attached hydrogens (primary N) is 1. The standard InChI is InChI=1S/C28H31BrF3N7O3/c1-16(10-29)14-41-20-8-2-17(3-9-20)11-34-25-36-26(38-27(37-25)42-15-28(30,31)32)35-19-6-4-18(5-7-19)24(40)39-12-21-22(13-39)23(21)33/h2-9,16,21-23H,10-15,33H2,1H3,(H2,34,35,36,37,38)/t16-,21?,22?,23?/m0/s1. The number of carbonyl (C=O) groups is 1. The lowest BCUT2D eigenvalue weighted by molar-refractivity contribution is -0.154. The number of halogens is 4. The molecule has 3 atom stereocenters. The number of carbonyl (C=O) groups excluding carboxylic acids is 1. The van der Waals surface area contributed by atoms with Crippen molar-refractivity contribution in [1.82, 2.24) is 19.9 Å². The number of benzene rings is 2. The molecule has 1 aliphatic carbocycles. The van der Waals surface area contributed by atoms with Crippen molar-refractivity contribution in [2.75, 3.05) is 42.3 Å². The number of fused-ring (bicyclic) bond motifs is 1. The van der Waals surface area contributed by atoms with E-state index in [1.807, 2.05) is 24.3 Å². The zero-order valence-electron chi connectivity index (χ0n) is 22.8. The minimum atomic E-state index is -4.56. The summed E-state index contributed by atoms with van der Waals surface area (Å²) in [5.74, 6) is 1.81. The molecule has 5 rings (SSSR count). The van der Waals surface area contributed by atoms with Gasteiger partial charge >= 0.3 is 12.2 Å². The zero-order chi connectivity index (χ0) is 29.9. The number of aromatic nitrogens is 3. The molecule has 2 heterocycles. The Morgan fingerprint density at radius 1 is 1.05 bits per heavy atom. The van der Waals surface area contributed by atoms with Crippen molar-refractivity contribution < 1.29 is 27.4 Å². The van der Waals surface area contributed by atoms with Crippen LogP contribution in [0.4, 0.5) is 30.8 Å². The predicted octanol–water partition coefficient (Wildman–Crippen LogP) is 4.61. The molecule has 0 bridgehead atoms. The van der Waals surface area contributed by atoms with Crippen LogP contribution in [0.2, 0.25) is 0 Å². The summed E-state index contributed by atoms with van der Waals surface area (Å²) in [6.07, 6.45) is -4.56. The van der Waals surface area contributed by atoms with E-state index in [-0.39, 0.29) is 23.8 Å². The van der Waals surface area contributed by atoms with Gasteiger partial charge in [0.1, 0.15) is 5.75 Å². The van der Waals surface area contributed by atoms with E-state index >= 15 is 0 Å². The Balaban J connectivity index is 1.23. The van der Waals surface area contributed by atoms with E-state index in [0.29, 0.717) is 55.2 Å². The lowest BCUT2D eigenvalue weighted by atomic mass is 10.1. The molecule has 2 aliphatic rings. The highest BCUT2D eigenvalue weighted by atomic mass is 79.9. The molecule has 3 aromatic rings. The minimum Gasteiger partial charge on any atom is -0.493 e. The normalized spacial score (nSPS) is 20.0. The SMILES string of the molecule is C[C@@H](CBr)COc1ccc(CNc2nc(Nc3ccc(C(=O)N4CC5C(N)C5C4)cc3)nc(OCC(F)(F)F)n2)cc1. The van der Waals surface area contributed by atoms with Crippen molar-refractivity contribution in [3.8, 4) is 11.8 Å². The number of likely N-dealkylation sites (tertiary alicyclic amines) is 1. The maximum absolute atomic E-state index is 12.8. The van der Waals surface area contributed by atoms with E-state index in [1.165, 1.54) is 0 Å².